The third-order valence-corrected chi connectivity index (χ3v) is 5.07. The standard InChI is InChI=1S/C20H15N3O3S/c1-25-16-11-17(13-6-3-2-4-7-13)27-18(16)19(24)22-15-9-5-8-14(10-15)20-23-21-12-26-20/h2-12H,1H3,(H,22,24). The van der Waals surface area contributed by atoms with Gasteiger partial charge in [0.05, 0.1) is 7.11 Å². The number of methoxy groups -OCH3 is 1. The van der Waals surface area contributed by atoms with Crippen molar-refractivity contribution in [2.75, 3.05) is 12.4 Å². The van der Waals surface area contributed by atoms with Gasteiger partial charge in [-0.2, -0.15) is 0 Å². The fourth-order valence-electron chi connectivity index (χ4n) is 2.65. The number of carbonyl (C=O) groups is 1. The second kappa shape index (κ2) is 7.43. The first-order valence-corrected chi connectivity index (χ1v) is 8.97. The SMILES string of the molecule is COc1cc(-c2ccccc2)sc1C(=O)Nc1cccc(-c2nnco2)c1. The first-order chi connectivity index (χ1) is 13.2. The van der Waals surface area contributed by atoms with Gasteiger partial charge >= 0.3 is 0 Å². The summed E-state index contributed by atoms with van der Waals surface area (Å²) in [6.07, 6.45) is 1.27. The minimum atomic E-state index is -0.235. The molecule has 6 nitrogen and oxygen atoms in total. The Morgan fingerprint density at radius 2 is 1.89 bits per heavy atom. The lowest BCUT2D eigenvalue weighted by molar-refractivity contribution is 0.102. The van der Waals surface area contributed by atoms with E-state index >= 15 is 0 Å². The fourth-order valence-corrected chi connectivity index (χ4v) is 3.67. The minimum Gasteiger partial charge on any atom is -0.495 e. The van der Waals surface area contributed by atoms with E-state index in [4.69, 9.17) is 9.15 Å². The lowest BCUT2D eigenvalue weighted by Gasteiger charge is -2.06. The zero-order valence-electron chi connectivity index (χ0n) is 14.4. The number of hydrogen-bond donors (Lipinski definition) is 1. The molecule has 7 heteroatoms. The van der Waals surface area contributed by atoms with Crippen molar-refractivity contribution in [1.29, 1.82) is 0 Å². The Balaban J connectivity index is 1.60. The molecule has 0 aliphatic carbocycles. The molecule has 2 aromatic carbocycles. The highest BCUT2D eigenvalue weighted by Gasteiger charge is 2.18. The van der Waals surface area contributed by atoms with Crippen LogP contribution in [0.15, 0.2) is 71.5 Å². The Morgan fingerprint density at radius 1 is 1.07 bits per heavy atom. The lowest BCUT2D eigenvalue weighted by atomic mass is 10.2. The van der Waals surface area contributed by atoms with Crippen LogP contribution < -0.4 is 10.1 Å². The monoisotopic (exact) mass is 377 g/mol. The molecule has 0 fully saturated rings. The summed E-state index contributed by atoms with van der Waals surface area (Å²) in [5.74, 6) is 0.706. The van der Waals surface area contributed by atoms with Crippen molar-refractivity contribution in [2.45, 2.75) is 0 Å². The van der Waals surface area contributed by atoms with Gasteiger partial charge in [-0.25, -0.2) is 0 Å². The number of benzene rings is 2. The summed E-state index contributed by atoms with van der Waals surface area (Å²) in [4.78, 5) is 14.3. The number of nitrogens with zero attached hydrogens (tertiary/aromatic N) is 2. The van der Waals surface area contributed by atoms with Crippen molar-refractivity contribution in [3.8, 4) is 27.6 Å². The zero-order chi connectivity index (χ0) is 18.6. The van der Waals surface area contributed by atoms with Gasteiger partial charge in [-0.1, -0.05) is 36.4 Å². The van der Waals surface area contributed by atoms with Crippen LogP contribution >= 0.6 is 11.3 Å². The van der Waals surface area contributed by atoms with Crippen molar-refractivity contribution in [3.63, 3.8) is 0 Å². The summed E-state index contributed by atoms with van der Waals surface area (Å²) in [5, 5.41) is 10.5. The highest BCUT2D eigenvalue weighted by atomic mass is 32.1. The molecular weight excluding hydrogens is 362 g/mol. The van der Waals surface area contributed by atoms with Gasteiger partial charge in [0.2, 0.25) is 12.3 Å². The largest absolute Gasteiger partial charge is 0.495 e. The lowest BCUT2D eigenvalue weighted by Crippen LogP contribution is -2.11. The van der Waals surface area contributed by atoms with Crippen molar-refractivity contribution < 1.29 is 13.9 Å². The second-order valence-electron chi connectivity index (χ2n) is 5.65. The first-order valence-electron chi connectivity index (χ1n) is 8.16. The van der Waals surface area contributed by atoms with Crippen molar-refractivity contribution in [1.82, 2.24) is 10.2 Å². The summed E-state index contributed by atoms with van der Waals surface area (Å²) < 4.78 is 10.6. The Morgan fingerprint density at radius 3 is 2.63 bits per heavy atom. The molecule has 27 heavy (non-hydrogen) atoms. The van der Waals surface area contributed by atoms with Gasteiger partial charge in [-0.05, 0) is 29.8 Å². The molecule has 0 aliphatic heterocycles. The molecule has 2 heterocycles. The van der Waals surface area contributed by atoms with Gasteiger partial charge < -0.3 is 14.5 Å². The normalized spacial score (nSPS) is 10.6. The summed E-state index contributed by atoms with van der Waals surface area (Å²) in [6.45, 7) is 0. The van der Waals surface area contributed by atoms with Gasteiger partial charge in [-0.15, -0.1) is 21.5 Å². The molecule has 0 radical (unpaired) electrons. The molecule has 0 spiro atoms. The average Bonchev–Trinajstić information content (AvgIpc) is 3.39. The number of aromatic nitrogens is 2. The van der Waals surface area contributed by atoms with E-state index in [1.807, 2.05) is 48.5 Å². The highest BCUT2D eigenvalue weighted by Crippen LogP contribution is 2.36. The molecule has 0 atom stereocenters. The third-order valence-electron chi connectivity index (χ3n) is 3.91. The second-order valence-corrected chi connectivity index (χ2v) is 6.71. The topological polar surface area (TPSA) is 77.2 Å². The predicted octanol–water partition coefficient (Wildman–Crippen LogP) is 4.73. The average molecular weight is 377 g/mol. The van der Waals surface area contributed by atoms with Gasteiger partial charge in [0.1, 0.15) is 10.6 Å². The van der Waals surface area contributed by atoms with Crippen LogP contribution in [0.1, 0.15) is 9.67 Å². The molecule has 0 saturated carbocycles. The van der Waals surface area contributed by atoms with Crippen LogP contribution in [0.25, 0.3) is 21.9 Å². The van der Waals surface area contributed by atoms with Gasteiger partial charge in [0, 0.05) is 16.1 Å². The minimum absolute atomic E-state index is 0.235. The summed E-state index contributed by atoms with van der Waals surface area (Å²) in [6, 6.07) is 19.0. The first kappa shape index (κ1) is 17.0. The number of thiophene rings is 1. The van der Waals surface area contributed by atoms with Gasteiger partial charge in [-0.3, -0.25) is 4.79 Å². The molecule has 4 rings (SSSR count). The summed E-state index contributed by atoms with van der Waals surface area (Å²) in [7, 11) is 1.56. The number of nitrogens with one attached hydrogen (secondary N) is 1. The summed E-state index contributed by atoms with van der Waals surface area (Å²) in [5.41, 5.74) is 2.40. The molecule has 0 aliphatic rings. The quantitative estimate of drug-likeness (QED) is 0.544. The maximum atomic E-state index is 12.8. The number of anilines is 1. The van der Waals surface area contributed by atoms with E-state index in [9.17, 15) is 4.79 Å². The maximum absolute atomic E-state index is 12.8. The Labute approximate surface area is 159 Å². The third kappa shape index (κ3) is 3.58. The van der Waals surface area contributed by atoms with Crippen LogP contribution in [0.2, 0.25) is 0 Å². The van der Waals surface area contributed by atoms with E-state index in [0.29, 0.717) is 22.2 Å². The van der Waals surface area contributed by atoms with E-state index in [2.05, 4.69) is 15.5 Å². The van der Waals surface area contributed by atoms with E-state index < -0.39 is 0 Å². The molecule has 134 valence electrons. The zero-order valence-corrected chi connectivity index (χ0v) is 15.2. The molecule has 4 aromatic rings. The number of amides is 1. The molecule has 1 N–H and O–H groups in total. The predicted molar refractivity (Wildman–Crippen MR) is 104 cm³/mol. The molecule has 0 saturated heterocycles. The van der Waals surface area contributed by atoms with E-state index in [1.54, 1.807) is 19.2 Å². The summed E-state index contributed by atoms with van der Waals surface area (Å²) >= 11 is 1.39. The maximum Gasteiger partial charge on any atom is 0.269 e. The number of ether oxygens (including phenoxy) is 1. The number of rotatable bonds is 5. The molecule has 1 amide bonds. The fraction of sp³-hybridized carbons (Fsp3) is 0.0500. The van der Waals surface area contributed by atoms with E-state index in [0.717, 1.165) is 16.0 Å². The van der Waals surface area contributed by atoms with Gasteiger partial charge in [0.25, 0.3) is 5.91 Å². The van der Waals surface area contributed by atoms with Crippen molar-refractivity contribution in [2.24, 2.45) is 0 Å². The smallest absolute Gasteiger partial charge is 0.269 e. The van der Waals surface area contributed by atoms with E-state index in [1.165, 1.54) is 17.7 Å². The van der Waals surface area contributed by atoms with Crippen LogP contribution in [0.3, 0.4) is 0 Å². The highest BCUT2D eigenvalue weighted by molar-refractivity contribution is 7.17. The Bertz CT molecular complexity index is 1060. The number of hydrogen-bond acceptors (Lipinski definition) is 6. The van der Waals surface area contributed by atoms with Gasteiger partial charge in [0.15, 0.2) is 0 Å². The molecule has 0 unspecified atom stereocenters. The Hall–Kier alpha value is -3.45. The van der Waals surface area contributed by atoms with E-state index in [-0.39, 0.29) is 5.91 Å². The van der Waals surface area contributed by atoms with Crippen LogP contribution in [0.4, 0.5) is 5.69 Å². The number of carbonyl (C=O) groups excluding carboxylic acids is 1. The van der Waals surface area contributed by atoms with Crippen molar-refractivity contribution >= 4 is 22.9 Å². The van der Waals surface area contributed by atoms with Crippen LogP contribution in [-0.4, -0.2) is 23.2 Å². The van der Waals surface area contributed by atoms with Crippen molar-refractivity contribution in [3.05, 3.63) is 71.9 Å². The molecule has 2 aromatic heterocycles. The van der Waals surface area contributed by atoms with Crippen LogP contribution in [-0.2, 0) is 0 Å². The Kier molecular flexibility index (Phi) is 4.67. The van der Waals surface area contributed by atoms with Crippen LogP contribution in [0, 0.1) is 0 Å². The molecular formula is C20H15N3O3S. The van der Waals surface area contributed by atoms with Crippen LogP contribution in [0.5, 0.6) is 5.75 Å². The molecule has 0 bridgehead atoms.